The number of halogens is 2. The average molecular weight is 209 g/mol. The van der Waals surface area contributed by atoms with Crippen LogP contribution >= 0.6 is 0 Å². The molecule has 0 saturated heterocycles. The molecule has 0 aliphatic rings. The first-order valence-electron chi connectivity index (χ1n) is 4.40. The molecule has 3 nitrogen and oxygen atoms in total. The SMILES string of the molecule is NCc1cn[nH]c1-c1ccc(F)c(F)c1. The van der Waals surface area contributed by atoms with Crippen molar-refractivity contribution in [2.24, 2.45) is 5.73 Å². The quantitative estimate of drug-likeness (QED) is 0.792. The summed E-state index contributed by atoms with van der Waals surface area (Å²) in [6.07, 6.45) is 1.57. The van der Waals surface area contributed by atoms with Gasteiger partial charge in [0.05, 0.1) is 11.9 Å². The van der Waals surface area contributed by atoms with Crippen molar-refractivity contribution in [1.29, 1.82) is 0 Å². The topological polar surface area (TPSA) is 54.7 Å². The van der Waals surface area contributed by atoms with E-state index in [0.29, 0.717) is 17.8 Å². The Labute approximate surface area is 84.9 Å². The van der Waals surface area contributed by atoms with E-state index in [2.05, 4.69) is 10.2 Å². The van der Waals surface area contributed by atoms with Crippen LogP contribution in [0.25, 0.3) is 11.3 Å². The van der Waals surface area contributed by atoms with Crippen molar-refractivity contribution in [1.82, 2.24) is 10.2 Å². The molecule has 1 aromatic heterocycles. The van der Waals surface area contributed by atoms with Gasteiger partial charge in [0.15, 0.2) is 11.6 Å². The maximum Gasteiger partial charge on any atom is 0.159 e. The molecule has 0 saturated carbocycles. The van der Waals surface area contributed by atoms with Gasteiger partial charge in [0.1, 0.15) is 0 Å². The van der Waals surface area contributed by atoms with Crippen LogP contribution in [-0.2, 0) is 6.54 Å². The summed E-state index contributed by atoms with van der Waals surface area (Å²) in [5, 5.41) is 6.50. The molecule has 0 bridgehead atoms. The first-order chi connectivity index (χ1) is 7.22. The van der Waals surface area contributed by atoms with Crippen LogP contribution in [0, 0.1) is 11.6 Å². The number of nitrogens with zero attached hydrogens (tertiary/aromatic N) is 1. The number of aromatic amines is 1. The third kappa shape index (κ3) is 1.73. The standard InChI is InChI=1S/C10H9F2N3/c11-8-2-1-6(3-9(8)12)10-7(4-13)5-14-15-10/h1-3,5H,4,13H2,(H,14,15). The minimum Gasteiger partial charge on any atom is -0.326 e. The zero-order valence-corrected chi connectivity index (χ0v) is 7.80. The van der Waals surface area contributed by atoms with Crippen molar-refractivity contribution in [2.45, 2.75) is 6.54 Å². The number of aromatic nitrogens is 2. The lowest BCUT2D eigenvalue weighted by Gasteiger charge is -2.01. The van der Waals surface area contributed by atoms with Gasteiger partial charge in [0, 0.05) is 17.7 Å². The van der Waals surface area contributed by atoms with E-state index in [1.165, 1.54) is 6.07 Å². The molecule has 3 N–H and O–H groups in total. The zero-order chi connectivity index (χ0) is 10.8. The molecule has 15 heavy (non-hydrogen) atoms. The second-order valence-corrected chi connectivity index (χ2v) is 3.10. The lowest BCUT2D eigenvalue weighted by molar-refractivity contribution is 0.509. The van der Waals surface area contributed by atoms with E-state index in [1.54, 1.807) is 6.20 Å². The molecule has 1 heterocycles. The summed E-state index contributed by atoms with van der Waals surface area (Å²) in [6.45, 7) is 0.296. The highest BCUT2D eigenvalue weighted by Gasteiger charge is 2.09. The van der Waals surface area contributed by atoms with Gasteiger partial charge < -0.3 is 5.73 Å². The first-order valence-corrected chi connectivity index (χ1v) is 4.40. The van der Waals surface area contributed by atoms with Crippen molar-refractivity contribution in [3.05, 3.63) is 41.6 Å². The maximum absolute atomic E-state index is 13.0. The van der Waals surface area contributed by atoms with Gasteiger partial charge in [-0.25, -0.2) is 8.78 Å². The lowest BCUT2D eigenvalue weighted by Crippen LogP contribution is -1.97. The number of nitrogens with two attached hydrogens (primary N) is 1. The number of nitrogens with one attached hydrogen (secondary N) is 1. The predicted octanol–water partition coefficient (Wildman–Crippen LogP) is 1.81. The van der Waals surface area contributed by atoms with Crippen LogP contribution in [0.2, 0.25) is 0 Å². The molecule has 0 radical (unpaired) electrons. The van der Waals surface area contributed by atoms with Gasteiger partial charge in [-0.1, -0.05) is 0 Å². The second kappa shape index (κ2) is 3.78. The number of H-pyrrole nitrogens is 1. The van der Waals surface area contributed by atoms with Crippen molar-refractivity contribution in [2.75, 3.05) is 0 Å². The van der Waals surface area contributed by atoms with Gasteiger partial charge in [0.2, 0.25) is 0 Å². The molecule has 2 rings (SSSR count). The van der Waals surface area contributed by atoms with Crippen molar-refractivity contribution >= 4 is 0 Å². The van der Waals surface area contributed by atoms with E-state index < -0.39 is 11.6 Å². The monoisotopic (exact) mass is 209 g/mol. The minimum atomic E-state index is -0.884. The van der Waals surface area contributed by atoms with Crippen LogP contribution in [0.4, 0.5) is 8.78 Å². The fraction of sp³-hybridized carbons (Fsp3) is 0.100. The van der Waals surface area contributed by atoms with Crippen LogP contribution < -0.4 is 5.73 Å². The molecule has 0 aliphatic heterocycles. The summed E-state index contributed by atoms with van der Waals surface area (Å²) < 4.78 is 25.7. The third-order valence-corrected chi connectivity index (χ3v) is 2.15. The molecule has 0 aliphatic carbocycles. The highest BCUT2D eigenvalue weighted by molar-refractivity contribution is 5.62. The van der Waals surface area contributed by atoms with E-state index in [4.69, 9.17) is 5.73 Å². The predicted molar refractivity (Wildman–Crippen MR) is 51.8 cm³/mol. The van der Waals surface area contributed by atoms with Crippen LogP contribution in [0.5, 0.6) is 0 Å². The Bertz CT molecular complexity index is 479. The molecule has 78 valence electrons. The molecule has 0 unspecified atom stereocenters. The third-order valence-electron chi connectivity index (χ3n) is 2.15. The zero-order valence-electron chi connectivity index (χ0n) is 7.80. The van der Waals surface area contributed by atoms with Crippen LogP contribution in [-0.4, -0.2) is 10.2 Å². The summed E-state index contributed by atoms with van der Waals surface area (Å²) in [4.78, 5) is 0. The number of benzene rings is 1. The summed E-state index contributed by atoms with van der Waals surface area (Å²) in [7, 11) is 0. The van der Waals surface area contributed by atoms with Gasteiger partial charge in [-0.3, -0.25) is 5.10 Å². The van der Waals surface area contributed by atoms with Gasteiger partial charge in [-0.15, -0.1) is 0 Å². The normalized spacial score (nSPS) is 10.6. The Balaban J connectivity index is 2.50. The molecular weight excluding hydrogens is 200 g/mol. The molecule has 1 aromatic carbocycles. The number of rotatable bonds is 2. The highest BCUT2D eigenvalue weighted by atomic mass is 19.2. The Hall–Kier alpha value is -1.75. The molecule has 0 fully saturated rings. The number of hydrogen-bond acceptors (Lipinski definition) is 2. The Morgan fingerprint density at radius 3 is 2.73 bits per heavy atom. The highest BCUT2D eigenvalue weighted by Crippen LogP contribution is 2.22. The van der Waals surface area contributed by atoms with Gasteiger partial charge in [-0.2, -0.15) is 5.10 Å². The van der Waals surface area contributed by atoms with E-state index in [0.717, 1.165) is 17.7 Å². The summed E-state index contributed by atoms with van der Waals surface area (Å²) in [5.74, 6) is -1.75. The number of hydrogen-bond donors (Lipinski definition) is 2. The van der Waals surface area contributed by atoms with Crippen LogP contribution in [0.3, 0.4) is 0 Å². The fourth-order valence-corrected chi connectivity index (χ4v) is 1.37. The Kier molecular flexibility index (Phi) is 2.47. The smallest absolute Gasteiger partial charge is 0.159 e. The second-order valence-electron chi connectivity index (χ2n) is 3.10. The molecule has 0 atom stereocenters. The Morgan fingerprint density at radius 1 is 1.27 bits per heavy atom. The van der Waals surface area contributed by atoms with Crippen LogP contribution in [0.15, 0.2) is 24.4 Å². The summed E-state index contributed by atoms with van der Waals surface area (Å²) in [5.41, 5.74) is 7.39. The molecule has 0 amide bonds. The summed E-state index contributed by atoms with van der Waals surface area (Å²) in [6, 6.07) is 3.67. The van der Waals surface area contributed by atoms with Crippen molar-refractivity contribution in [3.8, 4) is 11.3 Å². The van der Waals surface area contributed by atoms with Gasteiger partial charge >= 0.3 is 0 Å². The van der Waals surface area contributed by atoms with E-state index in [1.807, 2.05) is 0 Å². The molecule has 5 heteroatoms. The minimum absolute atomic E-state index is 0.296. The lowest BCUT2D eigenvalue weighted by atomic mass is 10.1. The van der Waals surface area contributed by atoms with Gasteiger partial charge in [0.25, 0.3) is 0 Å². The van der Waals surface area contributed by atoms with Crippen LogP contribution in [0.1, 0.15) is 5.56 Å². The van der Waals surface area contributed by atoms with Crippen molar-refractivity contribution < 1.29 is 8.78 Å². The van der Waals surface area contributed by atoms with Crippen molar-refractivity contribution in [3.63, 3.8) is 0 Å². The molecule has 2 aromatic rings. The van der Waals surface area contributed by atoms with E-state index in [-0.39, 0.29) is 0 Å². The Morgan fingerprint density at radius 2 is 2.07 bits per heavy atom. The fourth-order valence-electron chi connectivity index (χ4n) is 1.37. The maximum atomic E-state index is 13.0. The molecular formula is C10H9F2N3. The summed E-state index contributed by atoms with van der Waals surface area (Å²) >= 11 is 0. The van der Waals surface area contributed by atoms with Gasteiger partial charge in [-0.05, 0) is 18.2 Å². The largest absolute Gasteiger partial charge is 0.326 e. The molecule has 0 spiro atoms. The van der Waals surface area contributed by atoms with E-state index >= 15 is 0 Å². The first kappa shape index (κ1) is 9.79. The van der Waals surface area contributed by atoms with E-state index in [9.17, 15) is 8.78 Å². The average Bonchev–Trinajstić information content (AvgIpc) is 2.70.